The molecule has 0 aromatic carbocycles. The van der Waals surface area contributed by atoms with Crippen molar-refractivity contribution in [2.45, 2.75) is 79.2 Å². The van der Waals surface area contributed by atoms with Crippen molar-refractivity contribution in [3.63, 3.8) is 0 Å². The molecular formula is C22H35NO2. The van der Waals surface area contributed by atoms with Gasteiger partial charge < -0.3 is 5.32 Å². The van der Waals surface area contributed by atoms with Crippen LogP contribution in [0.25, 0.3) is 0 Å². The molecule has 3 nitrogen and oxygen atoms in total. The third-order valence-electron chi connectivity index (χ3n) is 9.25. The maximum atomic E-state index is 12.4. The van der Waals surface area contributed by atoms with E-state index in [4.69, 9.17) is 0 Å². The van der Waals surface area contributed by atoms with E-state index in [2.05, 4.69) is 33.0 Å². The quantitative estimate of drug-likeness (QED) is 0.774. The van der Waals surface area contributed by atoms with Crippen molar-refractivity contribution < 1.29 is 9.59 Å². The van der Waals surface area contributed by atoms with Gasteiger partial charge >= 0.3 is 0 Å². The summed E-state index contributed by atoms with van der Waals surface area (Å²) >= 11 is 0. The Hall–Kier alpha value is -0.860. The molecule has 1 amide bonds. The van der Waals surface area contributed by atoms with Gasteiger partial charge in [0.05, 0.1) is 0 Å². The van der Waals surface area contributed by atoms with E-state index in [9.17, 15) is 9.59 Å². The lowest BCUT2D eigenvalue weighted by molar-refractivity contribution is -0.147. The lowest BCUT2D eigenvalue weighted by Gasteiger charge is -2.62. The number of carbonyl (C=O) groups excluding carboxylic acids is 2. The van der Waals surface area contributed by atoms with E-state index in [1.807, 2.05) is 6.92 Å². The zero-order valence-corrected chi connectivity index (χ0v) is 16.6. The third-order valence-corrected chi connectivity index (χ3v) is 9.25. The van der Waals surface area contributed by atoms with E-state index < -0.39 is 0 Å². The van der Waals surface area contributed by atoms with Gasteiger partial charge in [0, 0.05) is 18.4 Å². The molecule has 1 N–H and O–H groups in total. The summed E-state index contributed by atoms with van der Waals surface area (Å²) in [5, 5.41) is 3.33. The first-order valence-corrected chi connectivity index (χ1v) is 10.5. The van der Waals surface area contributed by atoms with Crippen LogP contribution in [0.2, 0.25) is 0 Å². The van der Waals surface area contributed by atoms with Crippen LogP contribution in [0.5, 0.6) is 0 Å². The first-order valence-electron chi connectivity index (χ1n) is 10.5. The predicted octanol–water partition coefficient (Wildman–Crippen LogP) is 4.20. The van der Waals surface area contributed by atoms with E-state index in [1.165, 1.54) is 19.3 Å². The summed E-state index contributed by atoms with van der Waals surface area (Å²) in [5.74, 6) is 4.19. The van der Waals surface area contributed by atoms with Crippen molar-refractivity contribution in [1.82, 2.24) is 5.32 Å². The van der Waals surface area contributed by atoms with Crippen LogP contribution in [0.1, 0.15) is 73.1 Å². The van der Waals surface area contributed by atoms with Crippen LogP contribution in [0.4, 0.5) is 0 Å². The molecule has 0 aromatic rings. The summed E-state index contributed by atoms with van der Waals surface area (Å²) in [7, 11) is 0. The summed E-state index contributed by atoms with van der Waals surface area (Å²) in [4.78, 5) is 24.4. The van der Waals surface area contributed by atoms with Gasteiger partial charge in [-0.1, -0.05) is 27.7 Å². The molecular weight excluding hydrogens is 310 g/mol. The van der Waals surface area contributed by atoms with Crippen molar-refractivity contribution in [3.8, 4) is 0 Å². The van der Waals surface area contributed by atoms with Gasteiger partial charge in [0.25, 0.3) is 0 Å². The molecule has 1 aliphatic heterocycles. The molecule has 3 heteroatoms. The Kier molecular flexibility index (Phi) is 3.91. The maximum absolute atomic E-state index is 12.4. The molecule has 3 aliphatic carbocycles. The number of Topliss-reactive ketones (excluding diaryl/α,β-unsaturated/α-hetero) is 1. The van der Waals surface area contributed by atoms with Crippen molar-refractivity contribution in [2.24, 2.45) is 46.3 Å². The minimum absolute atomic E-state index is 0.196. The Bertz CT molecular complexity index is 601. The normalized spacial score (nSPS) is 54.9. The van der Waals surface area contributed by atoms with Gasteiger partial charge in [-0.05, 0) is 79.4 Å². The highest BCUT2D eigenvalue weighted by Crippen LogP contribution is 2.67. The molecule has 0 spiro atoms. The smallest absolute Gasteiger partial charge is 0.220 e. The maximum Gasteiger partial charge on any atom is 0.220 e. The topological polar surface area (TPSA) is 46.2 Å². The highest BCUT2D eigenvalue weighted by molar-refractivity contribution is 5.80. The molecule has 4 fully saturated rings. The number of nitrogens with one attached hydrogen (secondary N) is 1. The first kappa shape index (κ1) is 17.5. The van der Waals surface area contributed by atoms with Gasteiger partial charge in [0.2, 0.25) is 5.91 Å². The number of hydrogen-bond donors (Lipinski definition) is 1. The average molecular weight is 346 g/mol. The highest BCUT2D eigenvalue weighted by Gasteiger charge is 2.63. The van der Waals surface area contributed by atoms with Crippen LogP contribution >= 0.6 is 0 Å². The number of carbonyl (C=O) groups is 2. The Balaban J connectivity index is 1.70. The molecule has 140 valence electrons. The molecule has 8 unspecified atom stereocenters. The van der Waals surface area contributed by atoms with Crippen LogP contribution in [-0.4, -0.2) is 17.7 Å². The van der Waals surface area contributed by atoms with Gasteiger partial charge in [-0.25, -0.2) is 0 Å². The van der Waals surface area contributed by atoms with E-state index in [1.54, 1.807) is 0 Å². The van der Waals surface area contributed by atoms with Gasteiger partial charge in [-0.2, -0.15) is 0 Å². The monoisotopic (exact) mass is 345 g/mol. The number of fused-ring (bicyclic) bond motifs is 5. The number of amides is 1. The van der Waals surface area contributed by atoms with Crippen molar-refractivity contribution in [2.75, 3.05) is 0 Å². The molecule has 0 bridgehead atoms. The van der Waals surface area contributed by atoms with Gasteiger partial charge in [0.1, 0.15) is 5.78 Å². The predicted molar refractivity (Wildman–Crippen MR) is 98.8 cm³/mol. The zero-order valence-electron chi connectivity index (χ0n) is 16.6. The van der Waals surface area contributed by atoms with Crippen LogP contribution in [0.3, 0.4) is 0 Å². The molecule has 1 saturated heterocycles. The lowest BCUT2D eigenvalue weighted by Crippen LogP contribution is -2.63. The van der Waals surface area contributed by atoms with Crippen LogP contribution in [-0.2, 0) is 9.59 Å². The molecule has 3 saturated carbocycles. The number of hydrogen-bond acceptors (Lipinski definition) is 2. The van der Waals surface area contributed by atoms with Gasteiger partial charge in [0.15, 0.2) is 0 Å². The molecule has 0 radical (unpaired) electrons. The van der Waals surface area contributed by atoms with E-state index in [0.29, 0.717) is 41.9 Å². The minimum Gasteiger partial charge on any atom is -0.353 e. The molecule has 25 heavy (non-hydrogen) atoms. The fraction of sp³-hybridized carbons (Fsp3) is 0.909. The first-order chi connectivity index (χ1) is 11.7. The SMILES string of the molecule is CC(=O)C1C(C)CC2C3C(C)C[C@@H]4NC(=O)CCC4(C)C3CCC21C. The minimum atomic E-state index is 0.196. The Morgan fingerprint density at radius 2 is 1.76 bits per heavy atom. The highest BCUT2D eigenvalue weighted by atomic mass is 16.1. The van der Waals surface area contributed by atoms with Gasteiger partial charge in [-0.3, -0.25) is 9.59 Å². The number of ketones is 1. The summed E-state index contributed by atoms with van der Waals surface area (Å²) in [6.07, 6.45) is 6.51. The Morgan fingerprint density at radius 1 is 1.04 bits per heavy atom. The lowest BCUT2D eigenvalue weighted by atomic mass is 9.45. The fourth-order valence-corrected chi connectivity index (χ4v) is 8.28. The largest absolute Gasteiger partial charge is 0.353 e. The van der Waals surface area contributed by atoms with Crippen molar-refractivity contribution >= 4 is 11.7 Å². The molecule has 0 aromatic heterocycles. The Morgan fingerprint density at radius 3 is 2.44 bits per heavy atom. The van der Waals surface area contributed by atoms with Crippen LogP contribution in [0.15, 0.2) is 0 Å². The van der Waals surface area contributed by atoms with Crippen LogP contribution < -0.4 is 5.32 Å². The summed E-state index contributed by atoms with van der Waals surface area (Å²) in [6, 6.07) is 0.358. The average Bonchev–Trinajstić information content (AvgIpc) is 2.79. The van der Waals surface area contributed by atoms with E-state index >= 15 is 0 Å². The van der Waals surface area contributed by atoms with Gasteiger partial charge in [-0.15, -0.1) is 0 Å². The van der Waals surface area contributed by atoms with Crippen molar-refractivity contribution in [1.29, 1.82) is 0 Å². The second-order valence-corrected chi connectivity index (χ2v) is 10.5. The second-order valence-electron chi connectivity index (χ2n) is 10.5. The van der Waals surface area contributed by atoms with E-state index in [-0.39, 0.29) is 22.7 Å². The zero-order chi connectivity index (χ0) is 18.1. The number of rotatable bonds is 1. The molecule has 9 atom stereocenters. The molecule has 4 aliphatic rings. The van der Waals surface area contributed by atoms with Crippen LogP contribution in [0, 0.1) is 46.3 Å². The standard InChI is InChI=1S/C22H35NO2/c1-12-11-17-21(4,9-7-18(25)23-17)15-6-8-22(5)16(19(12)15)10-13(2)20(22)14(3)24/h12-13,15-17,19-20H,6-11H2,1-5H3,(H,23,25)/t12?,13?,15?,16?,17-,19?,20?,21?,22?/m0/s1. The Labute approximate surface area is 152 Å². The van der Waals surface area contributed by atoms with Crippen molar-refractivity contribution in [3.05, 3.63) is 0 Å². The summed E-state index contributed by atoms with van der Waals surface area (Å²) in [5.41, 5.74) is 0.450. The van der Waals surface area contributed by atoms with E-state index in [0.717, 1.165) is 18.8 Å². The fourth-order valence-electron chi connectivity index (χ4n) is 8.28. The third kappa shape index (κ3) is 2.29. The summed E-state index contributed by atoms with van der Waals surface area (Å²) in [6.45, 7) is 11.4. The summed E-state index contributed by atoms with van der Waals surface area (Å²) < 4.78 is 0. The second kappa shape index (κ2) is 5.57. The number of piperidine rings is 1. The molecule has 4 rings (SSSR count). The molecule has 1 heterocycles.